The lowest BCUT2D eigenvalue weighted by atomic mass is 10.1. The summed E-state index contributed by atoms with van der Waals surface area (Å²) in [6, 6.07) is 21.6. The van der Waals surface area contributed by atoms with Crippen LogP contribution in [0.3, 0.4) is 0 Å². The Morgan fingerprint density at radius 2 is 1.82 bits per heavy atom. The first-order chi connectivity index (χ1) is 19.2. The molecule has 1 atom stereocenters. The second-order valence-electron chi connectivity index (χ2n) is 9.99. The highest BCUT2D eigenvalue weighted by atomic mass is 16.5. The van der Waals surface area contributed by atoms with Crippen LogP contribution in [-0.4, -0.2) is 71.4 Å². The lowest BCUT2D eigenvalue weighted by Gasteiger charge is -2.35. The average Bonchev–Trinajstić information content (AvgIpc) is 3.30. The fourth-order valence-electron chi connectivity index (χ4n) is 5.10. The molecular formula is C30H33N5O4. The van der Waals surface area contributed by atoms with E-state index in [1.165, 1.54) is 7.11 Å². The molecular weight excluding hydrogens is 494 g/mol. The number of hydrogen-bond donors (Lipinski definition) is 0. The Labute approximate surface area is 227 Å². The summed E-state index contributed by atoms with van der Waals surface area (Å²) in [4.78, 5) is 26.6. The number of imidazole rings is 1. The summed E-state index contributed by atoms with van der Waals surface area (Å²) in [6.45, 7) is 6.29. The number of benzene rings is 2. The van der Waals surface area contributed by atoms with Crippen molar-refractivity contribution in [3.05, 3.63) is 83.7 Å². The van der Waals surface area contributed by atoms with Crippen molar-refractivity contribution < 1.29 is 19.0 Å². The number of methoxy groups -OCH3 is 1. The van der Waals surface area contributed by atoms with E-state index < -0.39 is 0 Å². The second-order valence-corrected chi connectivity index (χ2v) is 9.99. The molecule has 9 nitrogen and oxygen atoms in total. The highest BCUT2D eigenvalue weighted by Gasteiger charge is 2.25. The minimum absolute atomic E-state index is 0.183. The number of aromatic nitrogens is 3. The lowest BCUT2D eigenvalue weighted by molar-refractivity contribution is -0.0592. The molecule has 39 heavy (non-hydrogen) atoms. The van der Waals surface area contributed by atoms with Gasteiger partial charge < -0.3 is 23.7 Å². The molecule has 9 heteroatoms. The third kappa shape index (κ3) is 5.74. The van der Waals surface area contributed by atoms with E-state index in [0.717, 1.165) is 80.5 Å². The van der Waals surface area contributed by atoms with Crippen molar-refractivity contribution in [1.29, 1.82) is 0 Å². The van der Waals surface area contributed by atoms with Gasteiger partial charge in [0.1, 0.15) is 18.2 Å². The molecule has 202 valence electrons. The van der Waals surface area contributed by atoms with Gasteiger partial charge in [-0.3, -0.25) is 4.90 Å². The first-order valence-corrected chi connectivity index (χ1v) is 13.5. The van der Waals surface area contributed by atoms with Crippen molar-refractivity contribution >= 4 is 22.8 Å². The van der Waals surface area contributed by atoms with E-state index >= 15 is 0 Å². The molecule has 2 fully saturated rings. The van der Waals surface area contributed by atoms with Crippen molar-refractivity contribution in [2.75, 3.05) is 44.8 Å². The summed E-state index contributed by atoms with van der Waals surface area (Å²) < 4.78 is 18.8. The zero-order chi connectivity index (χ0) is 26.6. The standard InChI is InChI=1S/C30H33N5O4/c1-37-30(36)23-10-11-25-26(18-23)35(19-24-12-17-38-24)28(31-25)20-33-13-15-34(16-14-33)27-8-5-9-29(32-27)39-21-22-6-3-2-4-7-22/h2-11,18,24H,12-17,19-21H2,1H3/t24-/m0/s1. The number of pyridine rings is 1. The van der Waals surface area contributed by atoms with Crippen LogP contribution >= 0.6 is 0 Å². The van der Waals surface area contributed by atoms with Crippen LogP contribution in [0.4, 0.5) is 5.82 Å². The Hall–Kier alpha value is -3.95. The average molecular weight is 528 g/mol. The van der Waals surface area contributed by atoms with E-state index in [-0.39, 0.29) is 12.1 Å². The van der Waals surface area contributed by atoms with Gasteiger partial charge in [0.15, 0.2) is 0 Å². The molecule has 4 heterocycles. The Morgan fingerprint density at radius 3 is 2.56 bits per heavy atom. The summed E-state index contributed by atoms with van der Waals surface area (Å²) >= 11 is 0. The monoisotopic (exact) mass is 527 g/mol. The van der Waals surface area contributed by atoms with E-state index in [1.807, 2.05) is 48.5 Å². The Bertz CT molecular complexity index is 1430. The van der Waals surface area contributed by atoms with Gasteiger partial charge >= 0.3 is 5.97 Å². The maximum atomic E-state index is 12.1. The van der Waals surface area contributed by atoms with E-state index in [9.17, 15) is 4.79 Å². The summed E-state index contributed by atoms with van der Waals surface area (Å²) in [7, 11) is 1.40. The highest BCUT2D eigenvalue weighted by molar-refractivity contribution is 5.93. The van der Waals surface area contributed by atoms with Gasteiger partial charge in [-0.2, -0.15) is 4.98 Å². The number of piperazine rings is 1. The van der Waals surface area contributed by atoms with Gasteiger partial charge in [0.05, 0.1) is 42.9 Å². The number of rotatable bonds is 9. The second kappa shape index (κ2) is 11.4. The molecule has 0 radical (unpaired) electrons. The number of carbonyl (C=O) groups excluding carboxylic acids is 1. The first-order valence-electron chi connectivity index (χ1n) is 13.5. The van der Waals surface area contributed by atoms with Gasteiger partial charge in [-0.15, -0.1) is 0 Å². The molecule has 4 aromatic rings. The maximum absolute atomic E-state index is 12.1. The van der Waals surface area contributed by atoms with Crippen LogP contribution in [0, 0.1) is 0 Å². The van der Waals surface area contributed by atoms with Crippen LogP contribution in [0.15, 0.2) is 66.7 Å². The molecule has 0 bridgehead atoms. The third-order valence-corrected chi connectivity index (χ3v) is 7.43. The molecule has 0 unspecified atom stereocenters. The number of carbonyl (C=O) groups is 1. The molecule has 0 spiro atoms. The molecule has 6 rings (SSSR count). The summed E-state index contributed by atoms with van der Waals surface area (Å²) in [5.41, 5.74) is 3.48. The number of hydrogen-bond acceptors (Lipinski definition) is 8. The molecule has 0 aliphatic carbocycles. The number of fused-ring (bicyclic) bond motifs is 1. The van der Waals surface area contributed by atoms with Gasteiger partial charge in [0.2, 0.25) is 5.88 Å². The quantitative estimate of drug-likeness (QED) is 0.303. The summed E-state index contributed by atoms with van der Waals surface area (Å²) in [5.74, 6) is 2.22. The van der Waals surface area contributed by atoms with Crippen molar-refractivity contribution in [1.82, 2.24) is 19.4 Å². The topological polar surface area (TPSA) is 82.0 Å². The van der Waals surface area contributed by atoms with E-state index in [1.54, 1.807) is 6.07 Å². The molecule has 2 aliphatic heterocycles. The van der Waals surface area contributed by atoms with Gasteiger partial charge in [0.25, 0.3) is 0 Å². The molecule has 2 aromatic carbocycles. The van der Waals surface area contributed by atoms with Crippen molar-refractivity contribution in [2.45, 2.75) is 32.2 Å². The zero-order valence-electron chi connectivity index (χ0n) is 22.2. The van der Waals surface area contributed by atoms with Crippen LogP contribution in [0.5, 0.6) is 5.88 Å². The Morgan fingerprint density at radius 1 is 1.00 bits per heavy atom. The summed E-state index contributed by atoms with van der Waals surface area (Å²) in [5, 5.41) is 0. The molecule has 2 saturated heterocycles. The Kier molecular flexibility index (Phi) is 7.42. The maximum Gasteiger partial charge on any atom is 0.337 e. The molecule has 2 aromatic heterocycles. The largest absolute Gasteiger partial charge is 0.473 e. The number of esters is 1. The minimum Gasteiger partial charge on any atom is -0.473 e. The highest BCUT2D eigenvalue weighted by Crippen LogP contribution is 2.24. The fraction of sp³-hybridized carbons (Fsp3) is 0.367. The van der Waals surface area contributed by atoms with Crippen LogP contribution in [0.25, 0.3) is 11.0 Å². The minimum atomic E-state index is -0.342. The molecule has 0 N–H and O–H groups in total. The normalized spacial score (nSPS) is 17.7. The van der Waals surface area contributed by atoms with E-state index in [0.29, 0.717) is 18.1 Å². The zero-order valence-corrected chi connectivity index (χ0v) is 22.2. The smallest absolute Gasteiger partial charge is 0.337 e. The SMILES string of the molecule is COC(=O)c1ccc2nc(CN3CCN(c4cccc(OCc5ccccc5)n4)CC3)n(C[C@@H]3CCO3)c2c1. The molecule has 2 aliphatic rings. The fourth-order valence-corrected chi connectivity index (χ4v) is 5.10. The van der Waals surface area contributed by atoms with E-state index in [2.05, 4.69) is 26.5 Å². The van der Waals surface area contributed by atoms with Crippen LogP contribution < -0.4 is 9.64 Å². The Balaban J connectivity index is 1.12. The van der Waals surface area contributed by atoms with Gasteiger partial charge in [-0.1, -0.05) is 36.4 Å². The number of anilines is 1. The predicted molar refractivity (Wildman–Crippen MR) is 148 cm³/mol. The van der Waals surface area contributed by atoms with Gasteiger partial charge in [-0.05, 0) is 36.2 Å². The van der Waals surface area contributed by atoms with Crippen molar-refractivity contribution in [3.8, 4) is 5.88 Å². The predicted octanol–water partition coefficient (Wildman–Crippen LogP) is 3.91. The lowest BCUT2D eigenvalue weighted by Crippen LogP contribution is -2.46. The number of nitrogens with zero attached hydrogens (tertiary/aromatic N) is 5. The van der Waals surface area contributed by atoms with Crippen LogP contribution in [0.2, 0.25) is 0 Å². The molecule has 0 amide bonds. The molecule has 0 saturated carbocycles. The van der Waals surface area contributed by atoms with Gasteiger partial charge in [0, 0.05) is 38.9 Å². The van der Waals surface area contributed by atoms with Gasteiger partial charge in [-0.25, -0.2) is 9.78 Å². The third-order valence-electron chi connectivity index (χ3n) is 7.43. The van der Waals surface area contributed by atoms with Crippen molar-refractivity contribution in [2.24, 2.45) is 0 Å². The van der Waals surface area contributed by atoms with E-state index in [4.69, 9.17) is 24.2 Å². The number of ether oxygens (including phenoxy) is 3. The van der Waals surface area contributed by atoms with Crippen molar-refractivity contribution in [3.63, 3.8) is 0 Å². The van der Waals surface area contributed by atoms with Crippen LogP contribution in [0.1, 0.15) is 28.2 Å². The van der Waals surface area contributed by atoms with Crippen LogP contribution in [-0.2, 0) is 29.2 Å². The summed E-state index contributed by atoms with van der Waals surface area (Å²) in [6.07, 6.45) is 1.22. The first kappa shape index (κ1) is 25.3.